The molecular weight excluding hydrogens is 256 g/mol. The summed E-state index contributed by atoms with van der Waals surface area (Å²) in [7, 11) is 11.7. The molecule has 8 heteroatoms. The minimum Gasteiger partial charge on any atom is -0.347 e. The molecule has 0 spiro atoms. The molecule has 1 aromatic rings. The molecule has 1 aromatic heterocycles. The molecule has 0 N–H and O–H groups in total. The van der Waals surface area contributed by atoms with Crippen molar-refractivity contribution in [1.29, 1.82) is 0 Å². The molecule has 0 fully saturated rings. The number of rotatable bonds is 5. The molecule has 0 aliphatic heterocycles. The van der Waals surface area contributed by atoms with Gasteiger partial charge >= 0.3 is 0 Å². The third-order valence-electron chi connectivity index (χ3n) is 1.51. The van der Waals surface area contributed by atoms with E-state index in [1.807, 2.05) is 55.8 Å². The van der Waals surface area contributed by atoms with E-state index >= 15 is 0 Å². The molecule has 0 radical (unpaired) electrons. The topological polar surface area (TPSA) is 48.4 Å². The smallest absolute Gasteiger partial charge is 0.229 e. The SMILES string of the molecule is CN(C)Sc1nc(SN(C)C)nc(N(C)C)n1. The predicted octanol–water partition coefficient (Wildman–Crippen LogP) is 1.07. The van der Waals surface area contributed by atoms with E-state index in [1.54, 1.807) is 0 Å². The van der Waals surface area contributed by atoms with Crippen LogP contribution in [-0.2, 0) is 0 Å². The van der Waals surface area contributed by atoms with Crippen molar-refractivity contribution in [1.82, 2.24) is 23.6 Å². The van der Waals surface area contributed by atoms with E-state index < -0.39 is 0 Å². The molecular formula is C9H18N6S2. The Kier molecular flexibility index (Phi) is 5.44. The molecule has 0 bridgehead atoms. The molecule has 0 unspecified atom stereocenters. The highest BCUT2D eigenvalue weighted by Crippen LogP contribution is 2.22. The molecule has 6 nitrogen and oxygen atoms in total. The van der Waals surface area contributed by atoms with Gasteiger partial charge < -0.3 is 4.90 Å². The second kappa shape index (κ2) is 6.39. The van der Waals surface area contributed by atoms with E-state index in [4.69, 9.17) is 0 Å². The van der Waals surface area contributed by atoms with Gasteiger partial charge in [-0.3, -0.25) is 0 Å². The summed E-state index contributed by atoms with van der Waals surface area (Å²) < 4.78 is 3.91. The zero-order valence-corrected chi connectivity index (χ0v) is 12.6. The summed E-state index contributed by atoms with van der Waals surface area (Å²) in [6, 6.07) is 0. The summed E-state index contributed by atoms with van der Waals surface area (Å²) in [5.41, 5.74) is 0. The summed E-state index contributed by atoms with van der Waals surface area (Å²) in [4.78, 5) is 15.0. The Balaban J connectivity index is 3.00. The van der Waals surface area contributed by atoms with E-state index in [-0.39, 0.29) is 0 Å². The first-order chi connectivity index (χ1) is 7.88. The average Bonchev–Trinajstić information content (AvgIpc) is 2.14. The van der Waals surface area contributed by atoms with Crippen molar-refractivity contribution < 1.29 is 0 Å². The maximum absolute atomic E-state index is 4.39. The van der Waals surface area contributed by atoms with Gasteiger partial charge in [0.15, 0.2) is 0 Å². The summed E-state index contributed by atoms with van der Waals surface area (Å²) in [6.07, 6.45) is 0. The lowest BCUT2D eigenvalue weighted by Gasteiger charge is -2.14. The lowest BCUT2D eigenvalue weighted by molar-refractivity contribution is 0.671. The highest BCUT2D eigenvalue weighted by Gasteiger charge is 2.10. The standard InChI is InChI=1S/C9H18N6S2/c1-13(2)7-10-8(16-14(3)4)12-9(11-7)17-15(5)6/h1-6H3. The van der Waals surface area contributed by atoms with Gasteiger partial charge in [-0.25, -0.2) is 8.61 Å². The first-order valence-electron chi connectivity index (χ1n) is 5.02. The number of hydrogen-bond donors (Lipinski definition) is 0. The van der Waals surface area contributed by atoms with Gasteiger partial charge in [-0.1, -0.05) is 0 Å². The van der Waals surface area contributed by atoms with Crippen LogP contribution in [0.1, 0.15) is 0 Å². The van der Waals surface area contributed by atoms with Gasteiger partial charge in [0.2, 0.25) is 16.3 Å². The highest BCUT2D eigenvalue weighted by molar-refractivity contribution is 7.97. The molecule has 0 aromatic carbocycles. The lowest BCUT2D eigenvalue weighted by atomic mass is 10.8. The van der Waals surface area contributed by atoms with Gasteiger partial charge in [0, 0.05) is 14.1 Å². The van der Waals surface area contributed by atoms with Crippen molar-refractivity contribution in [3.63, 3.8) is 0 Å². The molecule has 96 valence electrons. The highest BCUT2D eigenvalue weighted by atomic mass is 32.2. The fourth-order valence-corrected chi connectivity index (χ4v) is 2.15. The molecule has 1 heterocycles. The van der Waals surface area contributed by atoms with E-state index in [2.05, 4.69) is 15.0 Å². The maximum atomic E-state index is 4.39. The molecule has 0 saturated carbocycles. The van der Waals surface area contributed by atoms with Crippen LogP contribution in [0, 0.1) is 0 Å². The van der Waals surface area contributed by atoms with Gasteiger partial charge in [0.1, 0.15) is 0 Å². The Morgan fingerprint density at radius 3 is 1.41 bits per heavy atom. The Morgan fingerprint density at radius 2 is 1.12 bits per heavy atom. The Bertz CT molecular complexity index is 340. The van der Waals surface area contributed by atoms with Crippen molar-refractivity contribution in [3.05, 3.63) is 0 Å². The number of hydrogen-bond acceptors (Lipinski definition) is 8. The van der Waals surface area contributed by atoms with Crippen molar-refractivity contribution in [2.24, 2.45) is 0 Å². The van der Waals surface area contributed by atoms with Gasteiger partial charge in [-0.05, 0) is 52.1 Å². The number of aromatic nitrogens is 3. The van der Waals surface area contributed by atoms with Crippen molar-refractivity contribution >= 4 is 29.8 Å². The van der Waals surface area contributed by atoms with Gasteiger partial charge in [-0.2, -0.15) is 15.0 Å². The normalized spacial score (nSPS) is 11.3. The Morgan fingerprint density at radius 1 is 0.706 bits per heavy atom. The number of nitrogens with zero attached hydrogens (tertiary/aromatic N) is 6. The summed E-state index contributed by atoms with van der Waals surface area (Å²) in [5.74, 6) is 0.675. The first kappa shape index (κ1) is 14.5. The predicted molar refractivity (Wildman–Crippen MR) is 73.2 cm³/mol. The van der Waals surface area contributed by atoms with Crippen LogP contribution in [0.15, 0.2) is 10.3 Å². The summed E-state index contributed by atoms with van der Waals surface area (Å²) >= 11 is 2.97. The molecule has 0 aliphatic rings. The Hall–Kier alpha value is -0.570. The van der Waals surface area contributed by atoms with E-state index in [0.29, 0.717) is 16.3 Å². The van der Waals surface area contributed by atoms with E-state index in [1.165, 1.54) is 23.9 Å². The van der Waals surface area contributed by atoms with Crippen LogP contribution in [0.3, 0.4) is 0 Å². The van der Waals surface area contributed by atoms with Crippen LogP contribution in [0.2, 0.25) is 0 Å². The van der Waals surface area contributed by atoms with E-state index in [0.717, 1.165) is 0 Å². The zero-order valence-electron chi connectivity index (χ0n) is 11.0. The molecule has 0 saturated heterocycles. The number of anilines is 1. The minimum absolute atomic E-state index is 0.675. The van der Waals surface area contributed by atoms with Crippen LogP contribution < -0.4 is 4.90 Å². The zero-order chi connectivity index (χ0) is 13.0. The first-order valence-corrected chi connectivity index (χ1v) is 6.57. The summed E-state index contributed by atoms with van der Waals surface area (Å²) in [6.45, 7) is 0. The second-order valence-corrected chi connectivity index (χ2v) is 6.46. The van der Waals surface area contributed by atoms with Gasteiger partial charge in [0.05, 0.1) is 0 Å². The van der Waals surface area contributed by atoms with Crippen LogP contribution in [0.4, 0.5) is 5.95 Å². The fraction of sp³-hybridized carbons (Fsp3) is 0.667. The van der Waals surface area contributed by atoms with Gasteiger partial charge in [0.25, 0.3) is 0 Å². The van der Waals surface area contributed by atoms with Crippen molar-refractivity contribution in [3.8, 4) is 0 Å². The second-order valence-electron chi connectivity index (χ2n) is 3.90. The lowest BCUT2D eigenvalue weighted by Crippen LogP contribution is -2.15. The third-order valence-corrected chi connectivity index (χ3v) is 2.93. The van der Waals surface area contributed by atoms with Crippen LogP contribution in [0.25, 0.3) is 0 Å². The molecule has 1 rings (SSSR count). The molecule has 0 atom stereocenters. The monoisotopic (exact) mass is 274 g/mol. The fourth-order valence-electron chi connectivity index (χ4n) is 0.936. The van der Waals surface area contributed by atoms with Crippen LogP contribution in [-0.4, -0.2) is 65.8 Å². The Labute approximate surface area is 111 Å². The molecule has 0 aliphatic carbocycles. The van der Waals surface area contributed by atoms with Crippen molar-refractivity contribution in [2.75, 3.05) is 47.2 Å². The van der Waals surface area contributed by atoms with Gasteiger partial charge in [-0.15, -0.1) is 0 Å². The van der Waals surface area contributed by atoms with Crippen LogP contribution in [0.5, 0.6) is 0 Å². The quantitative estimate of drug-likeness (QED) is 0.739. The molecule has 17 heavy (non-hydrogen) atoms. The van der Waals surface area contributed by atoms with Crippen molar-refractivity contribution in [2.45, 2.75) is 10.3 Å². The average molecular weight is 274 g/mol. The van der Waals surface area contributed by atoms with E-state index in [9.17, 15) is 0 Å². The summed E-state index contributed by atoms with van der Waals surface area (Å²) in [5, 5.41) is 1.41. The minimum atomic E-state index is 0.675. The molecule has 0 amide bonds. The largest absolute Gasteiger partial charge is 0.347 e. The van der Waals surface area contributed by atoms with Crippen LogP contribution >= 0.6 is 23.9 Å². The third kappa shape index (κ3) is 5.07. The maximum Gasteiger partial charge on any atom is 0.229 e.